The van der Waals surface area contributed by atoms with E-state index in [1.807, 2.05) is 37.8 Å². The summed E-state index contributed by atoms with van der Waals surface area (Å²) in [6.07, 6.45) is 5.08. The van der Waals surface area contributed by atoms with Crippen molar-refractivity contribution in [2.24, 2.45) is 5.41 Å². The molecule has 0 radical (unpaired) electrons. The molecule has 0 atom stereocenters. The van der Waals surface area contributed by atoms with Crippen LogP contribution in [0.5, 0.6) is 0 Å². The van der Waals surface area contributed by atoms with Gasteiger partial charge in [0.05, 0.1) is 0 Å². The average molecular weight is 362 g/mol. The summed E-state index contributed by atoms with van der Waals surface area (Å²) in [6, 6.07) is 7.49. The number of piperidine rings is 1. The van der Waals surface area contributed by atoms with Crippen LogP contribution in [0.4, 0.5) is 9.18 Å². The molecule has 1 aliphatic heterocycles. The Bertz CT molecular complexity index is 612. The van der Waals surface area contributed by atoms with Gasteiger partial charge in [-0.05, 0) is 76.0 Å². The highest BCUT2D eigenvalue weighted by molar-refractivity contribution is 5.68. The second-order valence-electron chi connectivity index (χ2n) is 8.93. The molecule has 1 heterocycles. The van der Waals surface area contributed by atoms with Crippen LogP contribution in [-0.2, 0) is 11.2 Å². The number of amides is 1. The number of likely N-dealkylation sites (tertiary alicyclic amines) is 1. The smallest absolute Gasteiger partial charge is 0.410 e. The van der Waals surface area contributed by atoms with Crippen LogP contribution in [0.1, 0.15) is 52.0 Å². The molecule has 144 valence electrons. The van der Waals surface area contributed by atoms with E-state index in [4.69, 9.17) is 4.74 Å². The van der Waals surface area contributed by atoms with Crippen molar-refractivity contribution in [1.29, 1.82) is 0 Å². The summed E-state index contributed by atoms with van der Waals surface area (Å²) in [4.78, 5) is 14.2. The molecule has 1 aromatic carbocycles. The Morgan fingerprint density at radius 3 is 2.38 bits per heavy atom. The molecule has 1 saturated carbocycles. The van der Waals surface area contributed by atoms with Crippen molar-refractivity contribution < 1.29 is 13.9 Å². The third-order valence-corrected chi connectivity index (χ3v) is 5.31. The number of hydrogen-bond acceptors (Lipinski definition) is 3. The molecule has 1 N–H and O–H groups in total. The van der Waals surface area contributed by atoms with E-state index in [9.17, 15) is 9.18 Å². The van der Waals surface area contributed by atoms with Gasteiger partial charge in [-0.25, -0.2) is 9.18 Å². The first-order valence-corrected chi connectivity index (χ1v) is 9.71. The quantitative estimate of drug-likeness (QED) is 0.856. The maximum atomic E-state index is 13.2. The van der Waals surface area contributed by atoms with Gasteiger partial charge in [-0.3, -0.25) is 0 Å². The second kappa shape index (κ2) is 7.55. The highest BCUT2D eigenvalue weighted by atomic mass is 19.1. The first-order chi connectivity index (χ1) is 12.2. The molecule has 1 saturated heterocycles. The van der Waals surface area contributed by atoms with Crippen molar-refractivity contribution in [3.05, 3.63) is 35.6 Å². The van der Waals surface area contributed by atoms with Crippen LogP contribution in [0, 0.1) is 11.2 Å². The lowest BCUT2D eigenvalue weighted by molar-refractivity contribution is 0.00992. The summed E-state index contributed by atoms with van der Waals surface area (Å²) in [7, 11) is 0. The lowest BCUT2D eigenvalue weighted by atomic mass is 9.73. The number of ether oxygens (including phenoxy) is 1. The molecule has 26 heavy (non-hydrogen) atoms. The van der Waals surface area contributed by atoms with Crippen LogP contribution >= 0.6 is 0 Å². The van der Waals surface area contributed by atoms with Crippen LogP contribution in [0.15, 0.2) is 24.3 Å². The van der Waals surface area contributed by atoms with Crippen LogP contribution in [-0.4, -0.2) is 42.3 Å². The normalized spacial score (nSPS) is 20.1. The van der Waals surface area contributed by atoms with E-state index < -0.39 is 5.60 Å². The number of nitrogens with one attached hydrogen (secondary N) is 1. The minimum Gasteiger partial charge on any atom is -0.444 e. The number of halogens is 1. The van der Waals surface area contributed by atoms with Gasteiger partial charge in [0, 0.05) is 25.7 Å². The fourth-order valence-electron chi connectivity index (χ4n) is 3.59. The Morgan fingerprint density at radius 2 is 1.85 bits per heavy atom. The molecule has 2 aliphatic rings. The molecule has 0 spiro atoms. The average Bonchev–Trinajstić information content (AvgIpc) is 3.39. The van der Waals surface area contributed by atoms with Gasteiger partial charge in [-0.1, -0.05) is 12.1 Å². The molecule has 4 nitrogen and oxygen atoms in total. The summed E-state index contributed by atoms with van der Waals surface area (Å²) < 4.78 is 18.7. The molecule has 1 amide bonds. The molecule has 5 heteroatoms. The van der Waals surface area contributed by atoms with E-state index in [0.29, 0.717) is 19.1 Å². The first-order valence-electron chi connectivity index (χ1n) is 9.71. The third-order valence-electron chi connectivity index (χ3n) is 5.31. The largest absolute Gasteiger partial charge is 0.444 e. The van der Waals surface area contributed by atoms with Gasteiger partial charge in [0.1, 0.15) is 11.4 Å². The fourth-order valence-corrected chi connectivity index (χ4v) is 3.59. The van der Waals surface area contributed by atoms with Crippen molar-refractivity contribution in [3.8, 4) is 0 Å². The summed E-state index contributed by atoms with van der Waals surface area (Å²) in [5.74, 6) is -0.196. The predicted octanol–water partition coefficient (Wildman–Crippen LogP) is 4.14. The van der Waals surface area contributed by atoms with Gasteiger partial charge < -0.3 is 15.0 Å². The molecular formula is C21H31FN2O2. The number of carbonyl (C=O) groups excluding carboxylic acids is 1. The highest BCUT2D eigenvalue weighted by Crippen LogP contribution is 2.36. The minimum absolute atomic E-state index is 0.110. The number of benzene rings is 1. The van der Waals surface area contributed by atoms with E-state index in [1.165, 1.54) is 25.0 Å². The molecular weight excluding hydrogens is 331 g/mol. The van der Waals surface area contributed by atoms with Crippen molar-refractivity contribution in [2.45, 2.75) is 64.5 Å². The van der Waals surface area contributed by atoms with Gasteiger partial charge in [-0.2, -0.15) is 0 Å². The minimum atomic E-state index is -0.465. The third kappa shape index (κ3) is 5.44. The van der Waals surface area contributed by atoms with E-state index in [0.717, 1.165) is 31.4 Å². The molecule has 2 fully saturated rings. The number of hydrogen-bond donors (Lipinski definition) is 1. The zero-order chi connectivity index (χ0) is 18.8. The van der Waals surface area contributed by atoms with Crippen LogP contribution < -0.4 is 5.32 Å². The van der Waals surface area contributed by atoms with Crippen LogP contribution in [0.3, 0.4) is 0 Å². The standard InChI is InChI=1S/C21H31FN2O2/c1-20(2,3)26-19(25)24-12-10-21(11-13-24,15-23-18-8-9-18)14-16-4-6-17(22)7-5-16/h4-7,18,23H,8-15H2,1-3H3. The topological polar surface area (TPSA) is 41.6 Å². The van der Waals surface area contributed by atoms with Gasteiger partial charge in [0.2, 0.25) is 0 Å². The van der Waals surface area contributed by atoms with Crippen molar-refractivity contribution in [3.63, 3.8) is 0 Å². The van der Waals surface area contributed by atoms with Gasteiger partial charge in [0.15, 0.2) is 0 Å². The highest BCUT2D eigenvalue weighted by Gasteiger charge is 2.38. The zero-order valence-corrected chi connectivity index (χ0v) is 16.2. The molecule has 1 aromatic rings. The zero-order valence-electron chi connectivity index (χ0n) is 16.2. The van der Waals surface area contributed by atoms with Crippen LogP contribution in [0.25, 0.3) is 0 Å². The van der Waals surface area contributed by atoms with Crippen molar-refractivity contribution in [1.82, 2.24) is 10.2 Å². The maximum Gasteiger partial charge on any atom is 0.410 e. The Balaban J connectivity index is 1.63. The lowest BCUT2D eigenvalue weighted by Gasteiger charge is -2.42. The SMILES string of the molecule is CC(C)(C)OC(=O)N1CCC(CNC2CC2)(Cc2ccc(F)cc2)CC1. The molecule has 3 rings (SSSR count). The maximum absolute atomic E-state index is 13.2. The van der Waals surface area contributed by atoms with E-state index in [-0.39, 0.29) is 17.3 Å². The molecule has 1 aliphatic carbocycles. The summed E-state index contributed by atoms with van der Waals surface area (Å²) in [5.41, 5.74) is 0.807. The first kappa shape index (κ1) is 19.2. The summed E-state index contributed by atoms with van der Waals surface area (Å²) >= 11 is 0. The fraction of sp³-hybridized carbons (Fsp3) is 0.667. The number of carbonyl (C=O) groups is 1. The van der Waals surface area contributed by atoms with E-state index in [1.54, 1.807) is 0 Å². The van der Waals surface area contributed by atoms with Gasteiger partial charge in [0.25, 0.3) is 0 Å². The molecule has 0 unspecified atom stereocenters. The second-order valence-corrected chi connectivity index (χ2v) is 8.93. The molecule has 0 aromatic heterocycles. The summed E-state index contributed by atoms with van der Waals surface area (Å²) in [6.45, 7) is 8.07. The van der Waals surface area contributed by atoms with Crippen LogP contribution in [0.2, 0.25) is 0 Å². The van der Waals surface area contributed by atoms with Crippen molar-refractivity contribution >= 4 is 6.09 Å². The Kier molecular flexibility index (Phi) is 5.56. The van der Waals surface area contributed by atoms with Crippen molar-refractivity contribution in [2.75, 3.05) is 19.6 Å². The summed E-state index contributed by atoms with van der Waals surface area (Å²) in [5, 5.41) is 3.67. The Hall–Kier alpha value is -1.62. The number of rotatable bonds is 5. The van der Waals surface area contributed by atoms with Gasteiger partial charge >= 0.3 is 6.09 Å². The van der Waals surface area contributed by atoms with Gasteiger partial charge in [-0.15, -0.1) is 0 Å². The monoisotopic (exact) mass is 362 g/mol. The molecule has 0 bridgehead atoms. The Morgan fingerprint density at radius 1 is 1.23 bits per heavy atom. The number of nitrogens with zero attached hydrogens (tertiary/aromatic N) is 1. The lowest BCUT2D eigenvalue weighted by Crippen LogP contribution is -2.49. The van der Waals surface area contributed by atoms with E-state index >= 15 is 0 Å². The predicted molar refractivity (Wildman–Crippen MR) is 101 cm³/mol. The Labute approximate surface area is 156 Å². The van der Waals surface area contributed by atoms with E-state index in [2.05, 4.69) is 5.32 Å².